The van der Waals surface area contributed by atoms with E-state index in [1.54, 1.807) is 6.07 Å². The molecular weight excluding hydrogens is 226 g/mol. The highest BCUT2D eigenvalue weighted by Gasteiger charge is 2.20. The summed E-state index contributed by atoms with van der Waals surface area (Å²) in [5.74, 6) is -0.830. The minimum Gasteiger partial charge on any atom is -0.474 e. The number of benzene rings is 1. The van der Waals surface area contributed by atoms with Crippen molar-refractivity contribution in [3.8, 4) is 11.8 Å². The molecule has 2 N–H and O–H groups in total. The molecule has 17 heavy (non-hydrogen) atoms. The van der Waals surface area contributed by atoms with E-state index >= 15 is 0 Å². The monoisotopic (exact) mass is 235 g/mol. The number of nitrogens with two attached hydrogens (primary N) is 1. The zero-order valence-electron chi connectivity index (χ0n) is 8.91. The summed E-state index contributed by atoms with van der Waals surface area (Å²) in [6.45, 7) is 1.38. The van der Waals surface area contributed by atoms with E-state index in [9.17, 15) is 14.9 Å². The first-order valence-corrected chi connectivity index (χ1v) is 4.60. The van der Waals surface area contributed by atoms with Crippen molar-refractivity contribution in [3.63, 3.8) is 0 Å². The van der Waals surface area contributed by atoms with Gasteiger partial charge < -0.3 is 10.5 Å². The fourth-order valence-corrected chi connectivity index (χ4v) is 1.08. The fraction of sp³-hybridized carbons (Fsp3) is 0.200. The Labute approximate surface area is 96.6 Å². The minimum absolute atomic E-state index is 0.0969. The van der Waals surface area contributed by atoms with Crippen molar-refractivity contribution in [3.05, 3.63) is 33.9 Å². The number of carbonyl (C=O) groups is 1. The maximum atomic E-state index is 10.8. The van der Waals surface area contributed by atoms with Gasteiger partial charge in [-0.3, -0.25) is 14.9 Å². The molecule has 1 aromatic rings. The van der Waals surface area contributed by atoms with Crippen LogP contribution in [-0.2, 0) is 4.79 Å². The van der Waals surface area contributed by atoms with Crippen molar-refractivity contribution in [1.82, 2.24) is 0 Å². The van der Waals surface area contributed by atoms with Crippen molar-refractivity contribution in [1.29, 1.82) is 5.26 Å². The lowest BCUT2D eigenvalue weighted by molar-refractivity contribution is -0.386. The predicted octanol–water partition coefficient (Wildman–Crippen LogP) is 0.719. The Hall–Kier alpha value is -2.62. The fourth-order valence-electron chi connectivity index (χ4n) is 1.08. The number of primary amides is 1. The van der Waals surface area contributed by atoms with Gasteiger partial charge in [-0.1, -0.05) is 0 Å². The number of ether oxygens (including phenoxy) is 1. The molecule has 1 unspecified atom stereocenters. The zero-order valence-corrected chi connectivity index (χ0v) is 8.91. The van der Waals surface area contributed by atoms with E-state index in [-0.39, 0.29) is 17.0 Å². The first-order valence-electron chi connectivity index (χ1n) is 4.60. The molecule has 0 radical (unpaired) electrons. The van der Waals surface area contributed by atoms with Crippen molar-refractivity contribution >= 4 is 11.6 Å². The third kappa shape index (κ3) is 2.92. The topological polar surface area (TPSA) is 119 Å². The first kappa shape index (κ1) is 12.4. The maximum Gasteiger partial charge on any atom is 0.312 e. The lowest BCUT2D eigenvalue weighted by Gasteiger charge is -2.11. The molecule has 1 atom stereocenters. The molecule has 7 heteroatoms. The van der Waals surface area contributed by atoms with Gasteiger partial charge in [-0.2, -0.15) is 5.26 Å². The van der Waals surface area contributed by atoms with Crippen LogP contribution in [0.2, 0.25) is 0 Å². The largest absolute Gasteiger partial charge is 0.474 e. The van der Waals surface area contributed by atoms with Gasteiger partial charge in [0.2, 0.25) is 0 Å². The summed E-state index contributed by atoms with van der Waals surface area (Å²) < 4.78 is 5.04. The minimum atomic E-state index is -0.985. The second-order valence-corrected chi connectivity index (χ2v) is 3.21. The van der Waals surface area contributed by atoms with Crippen molar-refractivity contribution in [2.24, 2.45) is 5.73 Å². The lowest BCUT2D eigenvalue weighted by atomic mass is 10.2. The number of nitro benzene ring substituents is 1. The van der Waals surface area contributed by atoms with Crippen molar-refractivity contribution in [2.45, 2.75) is 13.0 Å². The molecule has 88 valence electrons. The number of nitro groups is 1. The van der Waals surface area contributed by atoms with Gasteiger partial charge in [0.25, 0.3) is 5.91 Å². The lowest BCUT2D eigenvalue weighted by Crippen LogP contribution is -2.30. The summed E-state index contributed by atoms with van der Waals surface area (Å²) in [6.07, 6.45) is -0.985. The van der Waals surface area contributed by atoms with Gasteiger partial charge in [-0.05, 0) is 19.1 Å². The van der Waals surface area contributed by atoms with E-state index in [1.165, 1.54) is 19.1 Å². The summed E-state index contributed by atoms with van der Waals surface area (Å²) in [5, 5.41) is 19.4. The van der Waals surface area contributed by atoms with Crippen molar-refractivity contribution < 1.29 is 14.5 Å². The molecule has 0 bridgehead atoms. The van der Waals surface area contributed by atoms with Crippen LogP contribution >= 0.6 is 0 Å². The maximum absolute atomic E-state index is 10.8. The normalized spacial score (nSPS) is 11.3. The van der Waals surface area contributed by atoms with Crippen LogP contribution in [-0.4, -0.2) is 16.9 Å². The molecule has 0 aliphatic carbocycles. The molecule has 1 rings (SSSR count). The third-order valence-corrected chi connectivity index (χ3v) is 1.99. The summed E-state index contributed by atoms with van der Waals surface area (Å²) in [4.78, 5) is 20.8. The molecule has 1 aromatic carbocycles. The van der Waals surface area contributed by atoms with Gasteiger partial charge in [-0.15, -0.1) is 0 Å². The van der Waals surface area contributed by atoms with E-state index in [0.29, 0.717) is 0 Å². The van der Waals surface area contributed by atoms with E-state index in [4.69, 9.17) is 15.7 Å². The Morgan fingerprint density at radius 3 is 2.76 bits per heavy atom. The molecule has 0 fully saturated rings. The number of nitriles is 1. The van der Waals surface area contributed by atoms with Crippen molar-refractivity contribution in [2.75, 3.05) is 0 Å². The number of hydrogen-bond donors (Lipinski definition) is 1. The van der Waals surface area contributed by atoms with Gasteiger partial charge in [0.15, 0.2) is 11.9 Å². The van der Waals surface area contributed by atoms with Crippen LogP contribution < -0.4 is 10.5 Å². The van der Waals surface area contributed by atoms with Crippen LogP contribution in [0.5, 0.6) is 5.75 Å². The molecular formula is C10H9N3O4. The average Bonchev–Trinajstić information content (AvgIpc) is 2.29. The Morgan fingerprint density at radius 2 is 2.29 bits per heavy atom. The van der Waals surface area contributed by atoms with E-state index in [1.807, 2.05) is 0 Å². The summed E-state index contributed by atoms with van der Waals surface area (Å²) in [5.41, 5.74) is 4.74. The Morgan fingerprint density at radius 1 is 1.65 bits per heavy atom. The van der Waals surface area contributed by atoms with Crippen LogP contribution in [0.1, 0.15) is 12.5 Å². The molecule has 7 nitrogen and oxygen atoms in total. The molecule has 0 saturated carbocycles. The van der Waals surface area contributed by atoms with Gasteiger partial charge >= 0.3 is 5.69 Å². The van der Waals surface area contributed by atoms with Crippen LogP contribution in [0.4, 0.5) is 5.69 Å². The Kier molecular flexibility index (Phi) is 3.62. The van der Waals surface area contributed by atoms with Crippen LogP contribution in [0.3, 0.4) is 0 Å². The number of rotatable bonds is 4. The zero-order chi connectivity index (χ0) is 13.0. The van der Waals surface area contributed by atoms with E-state index < -0.39 is 16.9 Å². The third-order valence-electron chi connectivity index (χ3n) is 1.99. The summed E-state index contributed by atoms with van der Waals surface area (Å²) in [6, 6.07) is 5.46. The second-order valence-electron chi connectivity index (χ2n) is 3.21. The SMILES string of the molecule is CC(Oc1ccc(C#N)cc1[N+](=O)[O-])C(N)=O. The summed E-state index contributed by atoms with van der Waals surface area (Å²) in [7, 11) is 0. The van der Waals surface area contributed by atoms with Crippen LogP contribution in [0.25, 0.3) is 0 Å². The number of amides is 1. The molecule has 0 saturated heterocycles. The number of carbonyl (C=O) groups excluding carboxylic acids is 1. The van der Waals surface area contributed by atoms with Gasteiger partial charge in [-0.25, -0.2) is 0 Å². The molecule has 0 aliphatic rings. The second kappa shape index (κ2) is 4.94. The van der Waals surface area contributed by atoms with Crippen LogP contribution in [0.15, 0.2) is 18.2 Å². The molecule has 0 aromatic heterocycles. The smallest absolute Gasteiger partial charge is 0.312 e. The van der Waals surface area contributed by atoms with E-state index in [0.717, 1.165) is 6.07 Å². The van der Waals surface area contributed by atoms with Gasteiger partial charge in [0, 0.05) is 6.07 Å². The quantitative estimate of drug-likeness (QED) is 0.609. The van der Waals surface area contributed by atoms with Gasteiger partial charge in [0.05, 0.1) is 16.6 Å². The average molecular weight is 235 g/mol. The van der Waals surface area contributed by atoms with Gasteiger partial charge in [0.1, 0.15) is 0 Å². The van der Waals surface area contributed by atoms with Crippen LogP contribution in [0, 0.1) is 21.4 Å². The first-order chi connectivity index (χ1) is 7.95. The number of hydrogen-bond acceptors (Lipinski definition) is 5. The number of nitrogens with zero attached hydrogens (tertiary/aromatic N) is 2. The Bertz CT molecular complexity index is 507. The molecule has 0 spiro atoms. The molecule has 1 amide bonds. The standard InChI is InChI=1S/C10H9N3O4/c1-6(10(12)14)17-9-3-2-7(5-11)4-8(9)13(15)16/h2-4,6H,1H3,(H2,12,14). The summed E-state index contributed by atoms with van der Waals surface area (Å²) >= 11 is 0. The molecule has 0 aliphatic heterocycles. The predicted molar refractivity (Wildman–Crippen MR) is 57.1 cm³/mol. The highest BCUT2D eigenvalue weighted by Crippen LogP contribution is 2.28. The molecule has 0 heterocycles. The highest BCUT2D eigenvalue weighted by molar-refractivity contribution is 5.78. The Balaban J connectivity index is 3.12. The van der Waals surface area contributed by atoms with E-state index in [2.05, 4.69) is 0 Å². The highest BCUT2D eigenvalue weighted by atomic mass is 16.6.